The van der Waals surface area contributed by atoms with Gasteiger partial charge in [-0.1, -0.05) is 12.1 Å². The van der Waals surface area contributed by atoms with Gasteiger partial charge in [0.1, 0.15) is 23.3 Å². The summed E-state index contributed by atoms with van der Waals surface area (Å²) >= 11 is 0. The van der Waals surface area contributed by atoms with Crippen molar-refractivity contribution in [2.24, 2.45) is 5.92 Å². The summed E-state index contributed by atoms with van der Waals surface area (Å²) in [6.07, 6.45) is 0.670. The maximum absolute atomic E-state index is 13.9. The van der Waals surface area contributed by atoms with Crippen LogP contribution in [-0.2, 0) is 6.61 Å². The summed E-state index contributed by atoms with van der Waals surface area (Å²) in [5.74, 6) is -1.52. The molecule has 1 aliphatic carbocycles. The lowest BCUT2D eigenvalue weighted by atomic mass is 10.0. The van der Waals surface area contributed by atoms with Gasteiger partial charge in [-0.15, -0.1) is 0 Å². The van der Waals surface area contributed by atoms with Crippen LogP contribution < -0.4 is 5.73 Å². The van der Waals surface area contributed by atoms with E-state index < -0.39 is 24.5 Å². The van der Waals surface area contributed by atoms with Crippen LogP contribution in [0, 0.1) is 11.7 Å². The first-order valence-corrected chi connectivity index (χ1v) is 7.85. The van der Waals surface area contributed by atoms with Crippen LogP contribution in [0.3, 0.4) is 0 Å². The Morgan fingerprint density at radius 1 is 1.36 bits per heavy atom. The zero-order chi connectivity index (χ0) is 17.7. The van der Waals surface area contributed by atoms with Crippen LogP contribution in [0.5, 0.6) is 0 Å². The molecule has 1 aliphatic rings. The number of nitrogens with two attached hydrogens (primary N) is 1. The molecule has 0 aliphatic heterocycles. The van der Waals surface area contributed by atoms with Gasteiger partial charge < -0.3 is 10.8 Å². The molecule has 0 spiro atoms. The predicted octanol–water partition coefficient (Wildman–Crippen LogP) is 2.76. The number of fused-ring (bicyclic) bond motifs is 1. The summed E-state index contributed by atoms with van der Waals surface area (Å²) in [4.78, 5) is 16.6. The second kappa shape index (κ2) is 5.63. The Hall–Kier alpha value is -2.80. The smallest absolute Gasteiger partial charge is 0.189 e. The number of alkyl halides is 1. The standard InChI is InChI=1S/C18H15F2N3O2/c19-13-3-1-2-10(12(13)8-24)9-4-5-15-22-18(21)16(23(15)7-9)17(25)11-6-14(11)20/h1-5,7,11,14,24H,6,8,21H2/t11-,14+/m1/s1. The Kier molecular flexibility index (Phi) is 3.54. The molecular formula is C18H15F2N3O2. The van der Waals surface area contributed by atoms with Crippen LogP contribution in [0.2, 0.25) is 0 Å². The molecule has 2 atom stereocenters. The van der Waals surface area contributed by atoms with Crippen molar-refractivity contribution < 1.29 is 18.7 Å². The van der Waals surface area contributed by atoms with Gasteiger partial charge in [0.25, 0.3) is 0 Å². The number of carbonyl (C=O) groups excluding carboxylic acids is 1. The average Bonchev–Trinajstić information content (AvgIpc) is 3.23. The van der Waals surface area contributed by atoms with E-state index in [0.29, 0.717) is 16.8 Å². The quantitative estimate of drug-likeness (QED) is 0.714. The van der Waals surface area contributed by atoms with E-state index in [1.165, 1.54) is 10.5 Å². The second-order valence-corrected chi connectivity index (χ2v) is 6.14. The van der Waals surface area contributed by atoms with Gasteiger partial charge >= 0.3 is 0 Å². The first-order chi connectivity index (χ1) is 12.0. The molecule has 3 aromatic rings. The summed E-state index contributed by atoms with van der Waals surface area (Å²) < 4.78 is 28.7. The lowest BCUT2D eigenvalue weighted by Gasteiger charge is -2.10. The van der Waals surface area contributed by atoms with Crippen molar-refractivity contribution in [1.29, 1.82) is 0 Å². The van der Waals surface area contributed by atoms with Crippen LogP contribution in [0.4, 0.5) is 14.6 Å². The molecule has 0 bridgehead atoms. The Morgan fingerprint density at radius 2 is 2.12 bits per heavy atom. The number of Topliss-reactive ketones (excluding diaryl/α,β-unsaturated/α-hetero) is 1. The van der Waals surface area contributed by atoms with E-state index in [-0.39, 0.29) is 29.3 Å². The Bertz CT molecular complexity index is 999. The fourth-order valence-electron chi connectivity index (χ4n) is 3.07. The second-order valence-electron chi connectivity index (χ2n) is 6.14. The normalized spacial score (nSPS) is 19.3. The summed E-state index contributed by atoms with van der Waals surface area (Å²) in [6.45, 7) is -0.455. The molecule has 1 saturated carbocycles. The molecule has 0 unspecified atom stereocenters. The van der Waals surface area contributed by atoms with Gasteiger partial charge in [-0.05, 0) is 35.7 Å². The van der Waals surface area contributed by atoms with Gasteiger partial charge in [0.05, 0.1) is 12.5 Å². The van der Waals surface area contributed by atoms with Crippen molar-refractivity contribution in [2.75, 3.05) is 5.73 Å². The Labute approximate surface area is 141 Å². The molecular weight excluding hydrogens is 328 g/mol. The number of pyridine rings is 1. The fourth-order valence-corrected chi connectivity index (χ4v) is 3.07. The third kappa shape index (κ3) is 2.47. The summed E-state index contributed by atoms with van der Waals surface area (Å²) in [7, 11) is 0. The summed E-state index contributed by atoms with van der Waals surface area (Å²) in [5.41, 5.74) is 7.71. The molecule has 2 aromatic heterocycles. The minimum atomic E-state index is -1.13. The molecule has 0 saturated heterocycles. The van der Waals surface area contributed by atoms with Crippen molar-refractivity contribution in [3.63, 3.8) is 0 Å². The van der Waals surface area contributed by atoms with Crippen LogP contribution in [0.15, 0.2) is 36.5 Å². The van der Waals surface area contributed by atoms with Crippen LogP contribution >= 0.6 is 0 Å². The molecule has 7 heteroatoms. The molecule has 1 aromatic carbocycles. The molecule has 0 amide bonds. The third-order valence-electron chi connectivity index (χ3n) is 4.52. The Morgan fingerprint density at radius 3 is 2.80 bits per heavy atom. The molecule has 2 heterocycles. The number of nitrogen functional groups attached to an aromatic ring is 1. The van der Waals surface area contributed by atoms with Gasteiger partial charge in [-0.3, -0.25) is 9.20 Å². The van der Waals surface area contributed by atoms with E-state index in [0.717, 1.165) is 0 Å². The molecule has 1 fully saturated rings. The predicted molar refractivity (Wildman–Crippen MR) is 88.3 cm³/mol. The highest BCUT2D eigenvalue weighted by atomic mass is 19.1. The summed E-state index contributed by atoms with van der Waals surface area (Å²) in [6, 6.07) is 7.84. The number of hydrogen-bond donors (Lipinski definition) is 2. The van der Waals surface area contributed by atoms with Gasteiger partial charge in [-0.25, -0.2) is 13.8 Å². The molecule has 128 valence electrons. The highest BCUT2D eigenvalue weighted by Crippen LogP contribution is 2.38. The number of imidazole rings is 1. The number of aromatic nitrogens is 2. The maximum atomic E-state index is 13.9. The van der Waals surface area contributed by atoms with Crippen molar-refractivity contribution >= 4 is 17.2 Å². The largest absolute Gasteiger partial charge is 0.392 e. The van der Waals surface area contributed by atoms with Crippen molar-refractivity contribution in [2.45, 2.75) is 19.2 Å². The van der Waals surface area contributed by atoms with E-state index in [2.05, 4.69) is 4.98 Å². The third-order valence-corrected chi connectivity index (χ3v) is 4.52. The van der Waals surface area contributed by atoms with E-state index in [4.69, 9.17) is 5.73 Å². The molecule has 25 heavy (non-hydrogen) atoms. The highest BCUT2D eigenvalue weighted by Gasteiger charge is 2.45. The molecule has 3 N–H and O–H groups in total. The van der Waals surface area contributed by atoms with Crippen LogP contribution in [0.25, 0.3) is 16.8 Å². The number of ketones is 1. The fraction of sp³-hybridized carbons (Fsp3) is 0.222. The number of nitrogens with zero attached hydrogens (tertiary/aromatic N) is 2. The first kappa shape index (κ1) is 15.7. The van der Waals surface area contributed by atoms with Gasteiger partial charge in [-0.2, -0.15) is 0 Å². The first-order valence-electron chi connectivity index (χ1n) is 7.85. The monoisotopic (exact) mass is 343 g/mol. The number of carbonyl (C=O) groups is 1. The zero-order valence-corrected chi connectivity index (χ0v) is 13.1. The minimum absolute atomic E-state index is 0.0443. The van der Waals surface area contributed by atoms with Crippen molar-refractivity contribution in [1.82, 2.24) is 9.38 Å². The van der Waals surface area contributed by atoms with Gasteiger partial charge in [0, 0.05) is 11.8 Å². The highest BCUT2D eigenvalue weighted by molar-refractivity contribution is 6.03. The topological polar surface area (TPSA) is 80.6 Å². The van der Waals surface area contributed by atoms with E-state index in [9.17, 15) is 18.7 Å². The number of anilines is 1. The lowest BCUT2D eigenvalue weighted by Crippen LogP contribution is -2.10. The van der Waals surface area contributed by atoms with E-state index in [1.807, 2.05) is 0 Å². The number of aliphatic hydroxyl groups excluding tert-OH is 1. The Balaban J connectivity index is 1.88. The number of rotatable bonds is 4. The number of benzene rings is 1. The van der Waals surface area contributed by atoms with Crippen LogP contribution in [0.1, 0.15) is 22.5 Å². The number of hydrogen-bond acceptors (Lipinski definition) is 4. The lowest BCUT2D eigenvalue weighted by molar-refractivity contribution is 0.0952. The van der Waals surface area contributed by atoms with E-state index >= 15 is 0 Å². The van der Waals surface area contributed by atoms with Crippen LogP contribution in [-0.4, -0.2) is 26.4 Å². The average molecular weight is 343 g/mol. The minimum Gasteiger partial charge on any atom is -0.392 e. The van der Waals surface area contributed by atoms with Gasteiger partial charge in [0.15, 0.2) is 11.6 Å². The SMILES string of the molecule is Nc1nc2ccc(-c3cccc(F)c3CO)cn2c1C(=O)[C@@H]1C[C@@H]1F. The van der Waals surface area contributed by atoms with Gasteiger partial charge in [0.2, 0.25) is 0 Å². The summed E-state index contributed by atoms with van der Waals surface area (Å²) in [5, 5.41) is 9.46. The molecule has 5 nitrogen and oxygen atoms in total. The number of halogens is 2. The van der Waals surface area contributed by atoms with E-state index in [1.54, 1.807) is 30.5 Å². The van der Waals surface area contributed by atoms with Crippen molar-refractivity contribution in [3.05, 3.63) is 53.6 Å². The zero-order valence-electron chi connectivity index (χ0n) is 13.1. The van der Waals surface area contributed by atoms with Crippen molar-refractivity contribution in [3.8, 4) is 11.1 Å². The molecule has 0 radical (unpaired) electrons. The maximum Gasteiger partial charge on any atom is 0.189 e. The number of aliphatic hydroxyl groups is 1. The molecule has 4 rings (SSSR count).